The average molecular weight is 445 g/mol. The Labute approximate surface area is 181 Å². The van der Waals surface area contributed by atoms with Crippen molar-refractivity contribution in [1.82, 2.24) is 4.90 Å². The molecule has 164 valence electrons. The van der Waals surface area contributed by atoms with E-state index in [0.717, 1.165) is 28.4 Å². The largest absolute Gasteiger partial charge is 0.444 e. The molecule has 1 aliphatic heterocycles. The number of benzene rings is 2. The topological polar surface area (TPSA) is 99.2 Å². The van der Waals surface area contributed by atoms with Gasteiger partial charge in [0, 0.05) is 12.3 Å². The Hall–Kier alpha value is -3.01. The van der Waals surface area contributed by atoms with E-state index in [0.29, 0.717) is 0 Å². The van der Waals surface area contributed by atoms with Gasteiger partial charge < -0.3 is 9.47 Å². The zero-order valence-electron chi connectivity index (χ0n) is 16.9. The van der Waals surface area contributed by atoms with Crippen molar-refractivity contribution in [2.45, 2.75) is 25.4 Å². The first-order valence-electron chi connectivity index (χ1n) is 9.54. The summed E-state index contributed by atoms with van der Waals surface area (Å²) in [6.45, 7) is 0.104. The number of ether oxygens (including phenoxy) is 2. The second-order valence-electron chi connectivity index (χ2n) is 6.95. The van der Waals surface area contributed by atoms with E-state index in [1.54, 1.807) is 12.1 Å². The van der Waals surface area contributed by atoms with Crippen LogP contribution in [0.4, 0.5) is 4.79 Å². The van der Waals surface area contributed by atoms with Crippen LogP contribution in [-0.4, -0.2) is 50.2 Å². The molecular weight excluding hydrogens is 422 g/mol. The molecule has 3 rings (SSSR count). The Morgan fingerprint density at radius 3 is 2.13 bits per heavy atom. The van der Waals surface area contributed by atoms with Gasteiger partial charge in [-0.3, -0.25) is 13.9 Å². The van der Waals surface area contributed by atoms with E-state index in [1.807, 2.05) is 48.5 Å². The van der Waals surface area contributed by atoms with Crippen LogP contribution in [0.15, 0.2) is 72.9 Å². The lowest BCUT2D eigenvalue weighted by molar-refractivity contribution is -0.125. The highest BCUT2D eigenvalue weighted by Crippen LogP contribution is 2.21. The SMILES string of the molecule is CS(=O)(=O)O[C@@H]1C(=O)C=CN(C(=O)OCc2ccccc2)[C@@H]1COCc1ccccc1. The molecule has 0 saturated heterocycles. The lowest BCUT2D eigenvalue weighted by atomic mass is 10.0. The van der Waals surface area contributed by atoms with E-state index in [-0.39, 0.29) is 19.8 Å². The molecule has 2 atom stereocenters. The zero-order chi connectivity index (χ0) is 22.3. The molecule has 8 nitrogen and oxygen atoms in total. The smallest absolute Gasteiger partial charge is 0.414 e. The highest BCUT2D eigenvalue weighted by Gasteiger charge is 2.40. The van der Waals surface area contributed by atoms with E-state index in [2.05, 4.69) is 0 Å². The second-order valence-corrected chi connectivity index (χ2v) is 8.56. The highest BCUT2D eigenvalue weighted by molar-refractivity contribution is 7.86. The highest BCUT2D eigenvalue weighted by atomic mass is 32.2. The minimum Gasteiger partial charge on any atom is -0.444 e. The maximum atomic E-state index is 12.7. The van der Waals surface area contributed by atoms with Crippen LogP contribution in [0, 0.1) is 0 Å². The van der Waals surface area contributed by atoms with Crippen molar-refractivity contribution >= 4 is 22.0 Å². The van der Waals surface area contributed by atoms with Gasteiger partial charge in [-0.1, -0.05) is 60.7 Å². The van der Waals surface area contributed by atoms with Gasteiger partial charge in [-0.15, -0.1) is 0 Å². The van der Waals surface area contributed by atoms with Gasteiger partial charge in [-0.25, -0.2) is 4.79 Å². The molecular formula is C22H23NO7S. The van der Waals surface area contributed by atoms with Gasteiger partial charge in [0.05, 0.1) is 25.5 Å². The molecule has 2 aromatic carbocycles. The maximum Gasteiger partial charge on any atom is 0.414 e. The predicted molar refractivity (Wildman–Crippen MR) is 112 cm³/mol. The molecule has 9 heteroatoms. The van der Waals surface area contributed by atoms with Gasteiger partial charge in [0.1, 0.15) is 6.61 Å². The Balaban J connectivity index is 1.74. The normalized spacial score (nSPS) is 18.7. The number of amides is 1. The fourth-order valence-corrected chi connectivity index (χ4v) is 3.62. The fourth-order valence-electron chi connectivity index (χ4n) is 3.02. The van der Waals surface area contributed by atoms with E-state index < -0.39 is 34.1 Å². The molecule has 31 heavy (non-hydrogen) atoms. The van der Waals surface area contributed by atoms with Crippen LogP contribution in [0.1, 0.15) is 11.1 Å². The third-order valence-corrected chi connectivity index (χ3v) is 5.04. The molecule has 1 amide bonds. The minimum atomic E-state index is -3.96. The fraction of sp³-hybridized carbons (Fsp3) is 0.273. The Morgan fingerprint density at radius 2 is 1.55 bits per heavy atom. The Kier molecular flexibility index (Phi) is 7.56. The standard InChI is InChI=1S/C22H23NO7S/c1-31(26,27)30-21-19(16-28-14-17-8-4-2-5-9-17)23(13-12-20(21)24)22(25)29-15-18-10-6-3-7-11-18/h2-13,19,21H,14-16H2,1H3/t19-,21+/m1/s1. The molecule has 0 unspecified atom stereocenters. The first-order chi connectivity index (χ1) is 14.8. The van der Waals surface area contributed by atoms with E-state index in [9.17, 15) is 18.0 Å². The summed E-state index contributed by atoms with van der Waals surface area (Å²) in [7, 11) is -3.96. The summed E-state index contributed by atoms with van der Waals surface area (Å²) >= 11 is 0. The molecule has 0 bridgehead atoms. The molecule has 0 saturated carbocycles. The van der Waals surface area contributed by atoms with E-state index in [1.165, 1.54) is 6.20 Å². The molecule has 1 heterocycles. The van der Waals surface area contributed by atoms with Gasteiger partial charge >= 0.3 is 6.09 Å². The number of carbonyl (C=O) groups excluding carboxylic acids is 2. The number of hydrogen-bond donors (Lipinski definition) is 0. The molecule has 2 aromatic rings. The van der Waals surface area contributed by atoms with Crippen molar-refractivity contribution < 1.29 is 31.7 Å². The summed E-state index contributed by atoms with van der Waals surface area (Å²) in [6, 6.07) is 17.4. The molecule has 0 radical (unpaired) electrons. The molecule has 0 spiro atoms. The zero-order valence-corrected chi connectivity index (χ0v) is 17.7. The van der Waals surface area contributed by atoms with Crippen molar-refractivity contribution in [3.8, 4) is 0 Å². The lowest BCUT2D eigenvalue weighted by Crippen LogP contribution is -2.54. The monoisotopic (exact) mass is 445 g/mol. The summed E-state index contributed by atoms with van der Waals surface area (Å²) < 4.78 is 39.4. The van der Waals surface area contributed by atoms with Crippen molar-refractivity contribution in [2.75, 3.05) is 12.9 Å². The summed E-state index contributed by atoms with van der Waals surface area (Å²) in [6.07, 6.45) is 1.02. The summed E-state index contributed by atoms with van der Waals surface area (Å²) in [5.41, 5.74) is 1.67. The lowest BCUT2D eigenvalue weighted by Gasteiger charge is -2.34. The van der Waals surface area contributed by atoms with Crippen LogP contribution < -0.4 is 0 Å². The Morgan fingerprint density at radius 1 is 0.968 bits per heavy atom. The Bertz CT molecular complexity index is 1020. The number of ketones is 1. The average Bonchev–Trinajstić information content (AvgIpc) is 2.75. The van der Waals surface area contributed by atoms with Gasteiger partial charge in [0.15, 0.2) is 11.9 Å². The first kappa shape index (κ1) is 22.7. The predicted octanol–water partition coefficient (Wildman–Crippen LogP) is 2.65. The molecule has 0 N–H and O–H groups in total. The number of hydrogen-bond acceptors (Lipinski definition) is 7. The third kappa shape index (κ3) is 6.74. The van der Waals surface area contributed by atoms with Crippen LogP contribution in [0.2, 0.25) is 0 Å². The van der Waals surface area contributed by atoms with Crippen molar-refractivity contribution in [1.29, 1.82) is 0 Å². The second kappa shape index (κ2) is 10.3. The molecule has 0 aromatic heterocycles. The van der Waals surface area contributed by atoms with Gasteiger partial charge in [0.2, 0.25) is 0 Å². The van der Waals surface area contributed by atoms with Gasteiger partial charge in [0.25, 0.3) is 10.1 Å². The number of rotatable bonds is 8. The van der Waals surface area contributed by atoms with Crippen LogP contribution >= 0.6 is 0 Å². The van der Waals surface area contributed by atoms with Gasteiger partial charge in [-0.2, -0.15) is 8.42 Å². The number of carbonyl (C=O) groups is 2. The summed E-state index contributed by atoms with van der Waals surface area (Å²) in [4.78, 5) is 26.2. The first-order valence-corrected chi connectivity index (χ1v) is 11.4. The molecule has 0 fully saturated rings. The van der Waals surface area contributed by atoms with Crippen LogP contribution in [-0.2, 0) is 41.8 Å². The van der Waals surface area contributed by atoms with Crippen LogP contribution in [0.25, 0.3) is 0 Å². The minimum absolute atomic E-state index is 0.0210. The molecule has 0 aliphatic carbocycles. The van der Waals surface area contributed by atoms with Crippen molar-refractivity contribution in [2.24, 2.45) is 0 Å². The number of nitrogens with zero attached hydrogens (tertiary/aromatic N) is 1. The third-order valence-electron chi connectivity index (χ3n) is 4.48. The van der Waals surface area contributed by atoms with Crippen LogP contribution in [0.5, 0.6) is 0 Å². The van der Waals surface area contributed by atoms with E-state index in [4.69, 9.17) is 13.7 Å². The van der Waals surface area contributed by atoms with Crippen molar-refractivity contribution in [3.05, 3.63) is 84.1 Å². The maximum absolute atomic E-state index is 12.7. The quantitative estimate of drug-likeness (QED) is 0.576. The van der Waals surface area contributed by atoms with Gasteiger partial charge in [-0.05, 0) is 11.1 Å². The molecule has 1 aliphatic rings. The van der Waals surface area contributed by atoms with Crippen LogP contribution in [0.3, 0.4) is 0 Å². The van der Waals surface area contributed by atoms with E-state index >= 15 is 0 Å². The summed E-state index contributed by atoms with van der Waals surface area (Å²) in [5, 5.41) is 0. The summed E-state index contributed by atoms with van der Waals surface area (Å²) in [5.74, 6) is -0.578. The van der Waals surface area contributed by atoms with Crippen molar-refractivity contribution in [3.63, 3.8) is 0 Å².